The first kappa shape index (κ1) is 15.5. The van der Waals surface area contributed by atoms with Crippen molar-refractivity contribution in [3.05, 3.63) is 47.3 Å². The van der Waals surface area contributed by atoms with Gasteiger partial charge in [-0.15, -0.1) is 0 Å². The molecule has 0 atom stereocenters. The number of hydrogen-bond acceptors (Lipinski definition) is 4. The van der Waals surface area contributed by atoms with Gasteiger partial charge in [-0.3, -0.25) is 4.68 Å². The van der Waals surface area contributed by atoms with Gasteiger partial charge in [-0.05, 0) is 24.6 Å². The normalized spacial score (nSPS) is 10.8. The van der Waals surface area contributed by atoms with E-state index in [1.807, 2.05) is 29.1 Å². The highest BCUT2D eigenvalue weighted by Gasteiger charge is 2.07. The SMILES string of the molecule is COCCNCc1cnn(Cc2cccc(OC)c2)c1C. The fourth-order valence-electron chi connectivity index (χ4n) is 2.16. The Morgan fingerprint density at radius 2 is 2.14 bits per heavy atom. The molecule has 0 amide bonds. The minimum atomic E-state index is 0.719. The summed E-state index contributed by atoms with van der Waals surface area (Å²) >= 11 is 0. The molecule has 0 radical (unpaired) electrons. The highest BCUT2D eigenvalue weighted by Crippen LogP contribution is 2.15. The summed E-state index contributed by atoms with van der Waals surface area (Å²) in [5.74, 6) is 0.874. The summed E-state index contributed by atoms with van der Waals surface area (Å²) in [4.78, 5) is 0. The molecule has 0 spiro atoms. The summed E-state index contributed by atoms with van der Waals surface area (Å²) in [6, 6.07) is 8.07. The molecule has 0 saturated carbocycles. The lowest BCUT2D eigenvalue weighted by Gasteiger charge is -2.08. The lowest BCUT2D eigenvalue weighted by Crippen LogP contribution is -2.18. The van der Waals surface area contributed by atoms with Crippen LogP contribution in [0.5, 0.6) is 5.75 Å². The maximum absolute atomic E-state index is 5.25. The third-order valence-corrected chi connectivity index (χ3v) is 3.47. The first-order valence-corrected chi connectivity index (χ1v) is 7.08. The van der Waals surface area contributed by atoms with Gasteiger partial charge in [0.2, 0.25) is 0 Å². The highest BCUT2D eigenvalue weighted by atomic mass is 16.5. The second kappa shape index (κ2) is 7.81. The van der Waals surface area contributed by atoms with Gasteiger partial charge in [-0.1, -0.05) is 12.1 Å². The first-order valence-electron chi connectivity index (χ1n) is 7.08. The molecule has 1 heterocycles. The van der Waals surface area contributed by atoms with E-state index in [2.05, 4.69) is 23.4 Å². The molecular formula is C16H23N3O2. The monoisotopic (exact) mass is 289 g/mol. The lowest BCUT2D eigenvalue weighted by molar-refractivity contribution is 0.199. The van der Waals surface area contributed by atoms with E-state index in [0.717, 1.165) is 32.0 Å². The van der Waals surface area contributed by atoms with Crippen LogP contribution in [0.4, 0.5) is 0 Å². The largest absolute Gasteiger partial charge is 0.497 e. The van der Waals surface area contributed by atoms with Gasteiger partial charge in [0.1, 0.15) is 5.75 Å². The minimum Gasteiger partial charge on any atom is -0.497 e. The molecule has 0 unspecified atom stereocenters. The average Bonchev–Trinajstić information content (AvgIpc) is 2.85. The van der Waals surface area contributed by atoms with Crippen LogP contribution >= 0.6 is 0 Å². The van der Waals surface area contributed by atoms with E-state index in [1.54, 1.807) is 14.2 Å². The topological polar surface area (TPSA) is 48.3 Å². The molecule has 0 fully saturated rings. The molecule has 5 heteroatoms. The van der Waals surface area contributed by atoms with Crippen LogP contribution in [0.2, 0.25) is 0 Å². The zero-order chi connectivity index (χ0) is 15.1. The second-order valence-corrected chi connectivity index (χ2v) is 4.93. The van der Waals surface area contributed by atoms with E-state index in [9.17, 15) is 0 Å². The third-order valence-electron chi connectivity index (χ3n) is 3.47. The van der Waals surface area contributed by atoms with Crippen molar-refractivity contribution in [2.45, 2.75) is 20.0 Å². The van der Waals surface area contributed by atoms with Crippen molar-refractivity contribution >= 4 is 0 Å². The van der Waals surface area contributed by atoms with Gasteiger partial charge in [0.25, 0.3) is 0 Å². The Hall–Kier alpha value is -1.85. The average molecular weight is 289 g/mol. The van der Waals surface area contributed by atoms with Crippen molar-refractivity contribution in [3.63, 3.8) is 0 Å². The molecule has 1 aromatic carbocycles. The van der Waals surface area contributed by atoms with Crippen LogP contribution in [0, 0.1) is 6.92 Å². The number of rotatable bonds is 8. The Balaban J connectivity index is 1.99. The van der Waals surface area contributed by atoms with Gasteiger partial charge in [0, 0.05) is 31.5 Å². The van der Waals surface area contributed by atoms with Crippen LogP contribution in [0.15, 0.2) is 30.5 Å². The standard InChI is InChI=1S/C16H23N3O2/c1-13-15(10-17-7-8-20-2)11-18-19(13)12-14-5-4-6-16(9-14)21-3/h4-6,9,11,17H,7-8,10,12H2,1-3H3. The van der Waals surface area contributed by atoms with Gasteiger partial charge in [-0.25, -0.2) is 0 Å². The molecule has 5 nitrogen and oxygen atoms in total. The van der Waals surface area contributed by atoms with Crippen molar-refractivity contribution in [1.29, 1.82) is 0 Å². The van der Waals surface area contributed by atoms with E-state index in [4.69, 9.17) is 9.47 Å². The number of benzene rings is 1. The van der Waals surface area contributed by atoms with E-state index < -0.39 is 0 Å². The number of nitrogens with zero attached hydrogens (tertiary/aromatic N) is 2. The van der Waals surface area contributed by atoms with Crippen molar-refractivity contribution in [2.24, 2.45) is 0 Å². The molecule has 114 valence electrons. The number of ether oxygens (including phenoxy) is 2. The molecule has 1 N–H and O–H groups in total. The summed E-state index contributed by atoms with van der Waals surface area (Å²) in [6.07, 6.45) is 1.93. The fourth-order valence-corrected chi connectivity index (χ4v) is 2.16. The second-order valence-electron chi connectivity index (χ2n) is 4.93. The number of methoxy groups -OCH3 is 2. The van der Waals surface area contributed by atoms with Crippen LogP contribution in [0.1, 0.15) is 16.8 Å². The molecule has 0 aliphatic rings. The molecule has 2 rings (SSSR count). The summed E-state index contributed by atoms with van der Waals surface area (Å²) in [5, 5.41) is 7.81. The van der Waals surface area contributed by atoms with Crippen LogP contribution in [0.3, 0.4) is 0 Å². The number of hydrogen-bond donors (Lipinski definition) is 1. The molecule has 21 heavy (non-hydrogen) atoms. The number of aromatic nitrogens is 2. The lowest BCUT2D eigenvalue weighted by atomic mass is 10.2. The molecule has 2 aromatic rings. The predicted octanol–water partition coefficient (Wildman–Crippen LogP) is 1.98. The van der Waals surface area contributed by atoms with Crippen LogP contribution < -0.4 is 10.1 Å². The smallest absolute Gasteiger partial charge is 0.119 e. The first-order chi connectivity index (χ1) is 10.2. The Kier molecular flexibility index (Phi) is 5.78. The molecular weight excluding hydrogens is 266 g/mol. The summed E-state index contributed by atoms with van der Waals surface area (Å²) in [5.41, 5.74) is 3.58. The van der Waals surface area contributed by atoms with Gasteiger partial charge in [-0.2, -0.15) is 5.10 Å². The number of nitrogens with one attached hydrogen (secondary N) is 1. The Morgan fingerprint density at radius 1 is 1.29 bits per heavy atom. The van der Waals surface area contributed by atoms with Gasteiger partial charge < -0.3 is 14.8 Å². The Labute approximate surface area is 125 Å². The van der Waals surface area contributed by atoms with Crippen molar-refractivity contribution in [3.8, 4) is 5.75 Å². The van der Waals surface area contributed by atoms with Gasteiger partial charge in [0.15, 0.2) is 0 Å². The minimum absolute atomic E-state index is 0.719. The molecule has 0 saturated heterocycles. The summed E-state index contributed by atoms with van der Waals surface area (Å²) in [7, 11) is 3.39. The van der Waals surface area contributed by atoms with Crippen LogP contribution in [-0.2, 0) is 17.8 Å². The van der Waals surface area contributed by atoms with Crippen molar-refractivity contribution in [2.75, 3.05) is 27.4 Å². The Bertz CT molecular complexity index is 566. The maximum Gasteiger partial charge on any atom is 0.119 e. The van der Waals surface area contributed by atoms with E-state index in [-0.39, 0.29) is 0 Å². The van der Waals surface area contributed by atoms with Crippen LogP contribution in [-0.4, -0.2) is 37.2 Å². The van der Waals surface area contributed by atoms with Crippen molar-refractivity contribution in [1.82, 2.24) is 15.1 Å². The van der Waals surface area contributed by atoms with Gasteiger partial charge >= 0.3 is 0 Å². The summed E-state index contributed by atoms with van der Waals surface area (Å²) in [6.45, 7) is 5.23. The van der Waals surface area contributed by atoms with E-state index in [0.29, 0.717) is 0 Å². The Morgan fingerprint density at radius 3 is 2.90 bits per heavy atom. The molecule has 1 aromatic heterocycles. The zero-order valence-corrected chi connectivity index (χ0v) is 12.9. The van der Waals surface area contributed by atoms with E-state index >= 15 is 0 Å². The molecule has 0 bridgehead atoms. The molecule has 0 aliphatic carbocycles. The van der Waals surface area contributed by atoms with Crippen molar-refractivity contribution < 1.29 is 9.47 Å². The third kappa shape index (κ3) is 4.31. The summed E-state index contributed by atoms with van der Waals surface area (Å²) < 4.78 is 12.3. The van der Waals surface area contributed by atoms with E-state index in [1.165, 1.54) is 16.8 Å². The fraction of sp³-hybridized carbons (Fsp3) is 0.438. The van der Waals surface area contributed by atoms with Gasteiger partial charge in [0.05, 0.1) is 26.5 Å². The maximum atomic E-state index is 5.25. The highest BCUT2D eigenvalue weighted by molar-refractivity contribution is 5.29. The zero-order valence-electron chi connectivity index (χ0n) is 12.9. The molecule has 0 aliphatic heterocycles. The van der Waals surface area contributed by atoms with Crippen LogP contribution in [0.25, 0.3) is 0 Å². The quantitative estimate of drug-likeness (QED) is 0.755. The predicted molar refractivity (Wildman–Crippen MR) is 82.6 cm³/mol.